The number of likely N-dealkylation sites (N-methyl/N-ethyl adjacent to an activating group) is 1. The van der Waals surface area contributed by atoms with Crippen molar-refractivity contribution in [1.29, 1.82) is 0 Å². The van der Waals surface area contributed by atoms with E-state index in [2.05, 4.69) is 17.7 Å². The van der Waals surface area contributed by atoms with Gasteiger partial charge in [-0.3, -0.25) is 4.79 Å². The third-order valence-electron chi connectivity index (χ3n) is 4.42. The van der Waals surface area contributed by atoms with Gasteiger partial charge in [-0.05, 0) is 39.8 Å². The summed E-state index contributed by atoms with van der Waals surface area (Å²) in [6, 6.07) is 5.16. The third kappa shape index (κ3) is 2.60. The van der Waals surface area contributed by atoms with Gasteiger partial charge in [-0.15, -0.1) is 11.3 Å². The summed E-state index contributed by atoms with van der Waals surface area (Å²) in [5, 5.41) is 19.0. The largest absolute Gasteiger partial charge is 0.872 e. The quantitative estimate of drug-likeness (QED) is 0.575. The molecule has 1 amide bonds. The fourth-order valence-electron chi connectivity index (χ4n) is 3.20. The van der Waals surface area contributed by atoms with E-state index in [0.29, 0.717) is 3.57 Å². The zero-order chi connectivity index (χ0) is 16.1. The lowest BCUT2D eigenvalue weighted by Gasteiger charge is -2.27. The first-order valence-corrected chi connectivity index (χ1v) is 9.42. The van der Waals surface area contributed by atoms with Crippen molar-refractivity contribution in [3.05, 3.63) is 43.3 Å². The van der Waals surface area contributed by atoms with Crippen LogP contribution in [0.3, 0.4) is 0 Å². The van der Waals surface area contributed by atoms with E-state index in [-0.39, 0.29) is 17.8 Å². The molecule has 1 aromatic carbocycles. The summed E-state index contributed by atoms with van der Waals surface area (Å²) >= 11 is 3.72. The first-order valence-electron chi connectivity index (χ1n) is 7.52. The van der Waals surface area contributed by atoms with E-state index in [0.717, 1.165) is 35.6 Å². The number of halogens is 1. The van der Waals surface area contributed by atoms with Crippen LogP contribution in [0.5, 0.6) is 5.75 Å². The molecule has 5 nitrogen and oxygen atoms in total. The number of carbonyl (C=O) groups is 1. The number of hydrogen-bond donors (Lipinski definition) is 3. The fourth-order valence-corrected chi connectivity index (χ4v) is 5.12. The van der Waals surface area contributed by atoms with Gasteiger partial charge >= 0.3 is 0 Å². The Morgan fingerprint density at radius 3 is 3.00 bits per heavy atom. The molecule has 3 heterocycles. The summed E-state index contributed by atoms with van der Waals surface area (Å²) in [7, 11) is 2.18. The number of fused-ring (bicyclic) bond motifs is 3. The number of quaternary nitrogens is 1. The number of anilines is 1. The van der Waals surface area contributed by atoms with Crippen LogP contribution in [0.2, 0.25) is 0 Å². The lowest BCUT2D eigenvalue weighted by Crippen LogP contribution is -3.08. The first-order chi connectivity index (χ1) is 11.0. The molecule has 120 valence electrons. The molecule has 3 N–H and O–H groups in total. The molecule has 7 heteroatoms. The molecule has 2 aliphatic rings. The van der Waals surface area contributed by atoms with Crippen molar-refractivity contribution in [2.24, 2.45) is 0 Å². The Kier molecular flexibility index (Phi) is 3.73. The summed E-state index contributed by atoms with van der Waals surface area (Å²) in [6.07, 6.45) is 0.671. The summed E-state index contributed by atoms with van der Waals surface area (Å²) in [4.78, 5) is 15.4. The van der Waals surface area contributed by atoms with Crippen molar-refractivity contribution in [2.45, 2.75) is 19.1 Å². The van der Waals surface area contributed by atoms with E-state index in [1.807, 2.05) is 28.7 Å². The number of benzene rings is 1. The monoisotopic (exact) mass is 441 g/mol. The summed E-state index contributed by atoms with van der Waals surface area (Å²) in [5.74, 6) is -0.00298. The first kappa shape index (κ1) is 15.2. The maximum atomic E-state index is 12.6. The minimum Gasteiger partial charge on any atom is -0.872 e. The summed E-state index contributed by atoms with van der Waals surface area (Å²) in [6.45, 7) is 2.05. The van der Waals surface area contributed by atoms with Crippen molar-refractivity contribution >= 4 is 44.8 Å². The van der Waals surface area contributed by atoms with Crippen molar-refractivity contribution < 1.29 is 14.8 Å². The minimum absolute atomic E-state index is 0.00905. The maximum absolute atomic E-state index is 12.6. The van der Waals surface area contributed by atoms with Crippen LogP contribution in [-0.4, -0.2) is 19.5 Å². The molecule has 0 fully saturated rings. The standard InChI is InChI=1S/C16H16IN3O2S/c1-20-5-4-9-12(7-20)23-16-13(9)15(22)18-14(19-16)8-2-3-11(21)10(17)6-8/h2-3,6,14,19,21H,4-5,7H2,1H3,(H,18,22). The average molecular weight is 441 g/mol. The number of thiophene rings is 1. The second kappa shape index (κ2) is 5.64. The number of carbonyl (C=O) groups excluding carboxylic acids is 1. The molecule has 2 unspecified atom stereocenters. The topological polar surface area (TPSA) is 68.6 Å². The molecule has 2 aromatic rings. The van der Waals surface area contributed by atoms with Crippen LogP contribution in [0.15, 0.2) is 18.2 Å². The highest BCUT2D eigenvalue weighted by molar-refractivity contribution is 14.1. The van der Waals surface area contributed by atoms with Gasteiger partial charge in [0, 0.05) is 9.99 Å². The zero-order valence-corrected chi connectivity index (χ0v) is 15.5. The number of hydrogen-bond acceptors (Lipinski definition) is 4. The van der Waals surface area contributed by atoms with Crippen LogP contribution >= 0.6 is 33.9 Å². The highest BCUT2D eigenvalue weighted by atomic mass is 127. The Morgan fingerprint density at radius 2 is 2.22 bits per heavy atom. The van der Waals surface area contributed by atoms with E-state index in [4.69, 9.17) is 0 Å². The van der Waals surface area contributed by atoms with E-state index in [1.165, 1.54) is 15.3 Å². The Bertz CT molecular complexity index is 805. The van der Waals surface area contributed by atoms with Gasteiger partial charge in [0.15, 0.2) is 0 Å². The average Bonchev–Trinajstić information content (AvgIpc) is 2.87. The second-order valence-electron chi connectivity index (χ2n) is 6.08. The van der Waals surface area contributed by atoms with Gasteiger partial charge in [0.05, 0.1) is 24.0 Å². The van der Waals surface area contributed by atoms with Gasteiger partial charge in [-0.2, -0.15) is 0 Å². The normalized spacial score (nSPS) is 22.8. The van der Waals surface area contributed by atoms with Gasteiger partial charge < -0.3 is 20.6 Å². The van der Waals surface area contributed by atoms with Crippen LogP contribution in [-0.2, 0) is 13.0 Å². The fraction of sp³-hybridized carbons (Fsp3) is 0.312. The van der Waals surface area contributed by atoms with Crippen LogP contribution in [0.1, 0.15) is 32.5 Å². The Morgan fingerprint density at radius 1 is 1.39 bits per heavy atom. The van der Waals surface area contributed by atoms with Crippen LogP contribution in [0.4, 0.5) is 5.00 Å². The molecule has 0 bridgehead atoms. The van der Waals surface area contributed by atoms with Crippen molar-refractivity contribution in [3.8, 4) is 5.75 Å². The van der Waals surface area contributed by atoms with Gasteiger partial charge in [-0.25, -0.2) is 0 Å². The van der Waals surface area contributed by atoms with E-state index >= 15 is 0 Å². The molecule has 0 aliphatic carbocycles. The van der Waals surface area contributed by atoms with Crippen molar-refractivity contribution in [2.75, 3.05) is 18.9 Å². The van der Waals surface area contributed by atoms with E-state index in [9.17, 15) is 9.90 Å². The van der Waals surface area contributed by atoms with Crippen LogP contribution < -0.4 is 20.6 Å². The van der Waals surface area contributed by atoms with Crippen LogP contribution in [0, 0.1) is 3.57 Å². The predicted molar refractivity (Wildman–Crippen MR) is 95.9 cm³/mol. The van der Waals surface area contributed by atoms with Crippen molar-refractivity contribution in [3.63, 3.8) is 0 Å². The van der Waals surface area contributed by atoms with Gasteiger partial charge in [0.2, 0.25) is 0 Å². The Hall–Kier alpha value is -1.32. The second-order valence-corrected chi connectivity index (χ2v) is 8.35. The maximum Gasteiger partial charge on any atom is 0.256 e. The highest BCUT2D eigenvalue weighted by Gasteiger charge is 2.33. The number of nitrogens with one attached hydrogen (secondary N) is 3. The lowest BCUT2D eigenvalue weighted by atomic mass is 10.0. The molecular formula is C16H16IN3O2S. The molecular weight excluding hydrogens is 425 g/mol. The van der Waals surface area contributed by atoms with Gasteiger partial charge in [0.25, 0.3) is 5.91 Å². The zero-order valence-electron chi connectivity index (χ0n) is 12.5. The van der Waals surface area contributed by atoms with Gasteiger partial charge in [-0.1, -0.05) is 17.9 Å². The smallest absolute Gasteiger partial charge is 0.256 e. The molecule has 2 atom stereocenters. The molecule has 23 heavy (non-hydrogen) atoms. The SMILES string of the molecule is C[NH+]1CCc2c(sc3c2C(=O)NC(c2ccc([O-])c(I)c2)N3)C1. The Labute approximate surface area is 151 Å². The van der Waals surface area contributed by atoms with E-state index in [1.54, 1.807) is 23.5 Å². The van der Waals surface area contributed by atoms with Crippen LogP contribution in [0.25, 0.3) is 0 Å². The molecule has 0 saturated heterocycles. The van der Waals surface area contributed by atoms with E-state index < -0.39 is 0 Å². The third-order valence-corrected chi connectivity index (χ3v) is 6.43. The van der Waals surface area contributed by atoms with Crippen molar-refractivity contribution in [1.82, 2.24) is 5.32 Å². The van der Waals surface area contributed by atoms with Gasteiger partial charge in [0.1, 0.15) is 17.7 Å². The molecule has 0 spiro atoms. The molecule has 1 aromatic heterocycles. The molecule has 0 radical (unpaired) electrons. The highest BCUT2D eigenvalue weighted by Crippen LogP contribution is 2.39. The summed E-state index contributed by atoms with van der Waals surface area (Å²) < 4.78 is 0.664. The lowest BCUT2D eigenvalue weighted by molar-refractivity contribution is -0.895. The molecule has 0 saturated carbocycles. The minimum atomic E-state index is -0.283. The predicted octanol–water partition coefficient (Wildman–Crippen LogP) is 0.851. The molecule has 2 aliphatic heterocycles. The Balaban J connectivity index is 1.70. The number of rotatable bonds is 1. The summed E-state index contributed by atoms with van der Waals surface area (Å²) in [5.41, 5.74) is 2.94. The molecule has 4 rings (SSSR count). The number of amides is 1.